The van der Waals surface area contributed by atoms with Crippen molar-refractivity contribution in [3.8, 4) is 0 Å². The fraction of sp³-hybridized carbons (Fsp3) is 0.545. The highest BCUT2D eigenvalue weighted by atomic mass is 16.5. The first-order valence-corrected chi connectivity index (χ1v) is 5.26. The second kappa shape index (κ2) is 4.06. The number of morpholine rings is 1. The van der Waals surface area contributed by atoms with Gasteiger partial charge in [0, 0.05) is 18.8 Å². The molecule has 82 valence electrons. The number of hydrogen-bond acceptors (Lipinski definition) is 4. The summed E-state index contributed by atoms with van der Waals surface area (Å²) in [6, 6.07) is 3.85. The normalized spacial score (nSPS) is 21.7. The van der Waals surface area contributed by atoms with Gasteiger partial charge < -0.3 is 15.4 Å². The maximum atomic E-state index is 5.92. The zero-order chi connectivity index (χ0) is 10.8. The molecule has 0 aliphatic carbocycles. The van der Waals surface area contributed by atoms with Gasteiger partial charge in [-0.3, -0.25) is 0 Å². The minimum absolute atomic E-state index is 0.250. The van der Waals surface area contributed by atoms with Crippen molar-refractivity contribution < 1.29 is 4.74 Å². The van der Waals surface area contributed by atoms with Crippen LogP contribution in [0.5, 0.6) is 0 Å². The third kappa shape index (κ3) is 2.21. The molecule has 1 aromatic heterocycles. The van der Waals surface area contributed by atoms with Crippen LogP contribution in [0.15, 0.2) is 12.1 Å². The van der Waals surface area contributed by atoms with Crippen molar-refractivity contribution in [3.05, 3.63) is 17.8 Å². The number of aromatic nitrogens is 1. The lowest BCUT2D eigenvalue weighted by Gasteiger charge is -2.32. The minimum atomic E-state index is 0.250. The first-order chi connectivity index (χ1) is 7.16. The fourth-order valence-electron chi connectivity index (χ4n) is 1.82. The summed E-state index contributed by atoms with van der Waals surface area (Å²) >= 11 is 0. The lowest BCUT2D eigenvalue weighted by Crippen LogP contribution is -2.41. The molecule has 1 aliphatic heterocycles. The Labute approximate surface area is 90.0 Å². The molecule has 1 saturated heterocycles. The maximum Gasteiger partial charge on any atom is 0.152 e. The average molecular weight is 207 g/mol. The number of ether oxygens (including phenoxy) is 1. The Hall–Kier alpha value is -1.29. The van der Waals surface area contributed by atoms with E-state index in [-0.39, 0.29) is 6.10 Å². The summed E-state index contributed by atoms with van der Waals surface area (Å²) in [4.78, 5) is 6.67. The van der Waals surface area contributed by atoms with Gasteiger partial charge in [-0.1, -0.05) is 0 Å². The summed E-state index contributed by atoms with van der Waals surface area (Å²) < 4.78 is 5.49. The molecule has 2 N–H and O–H groups in total. The van der Waals surface area contributed by atoms with Gasteiger partial charge in [0.1, 0.15) is 0 Å². The van der Waals surface area contributed by atoms with Crippen LogP contribution in [0.2, 0.25) is 0 Å². The van der Waals surface area contributed by atoms with Crippen LogP contribution >= 0.6 is 0 Å². The molecular weight excluding hydrogens is 190 g/mol. The number of nitrogens with zero attached hydrogens (tertiary/aromatic N) is 2. The van der Waals surface area contributed by atoms with Crippen molar-refractivity contribution in [1.29, 1.82) is 0 Å². The van der Waals surface area contributed by atoms with Gasteiger partial charge in [0.05, 0.1) is 18.4 Å². The van der Waals surface area contributed by atoms with Crippen LogP contribution < -0.4 is 10.6 Å². The standard InChI is InChI=1S/C11H17N3O/c1-8-3-4-10(12)11(13-8)14-5-6-15-9(2)7-14/h3-4,9H,5-7,12H2,1-2H3. The summed E-state index contributed by atoms with van der Waals surface area (Å²) in [5.74, 6) is 0.894. The molecule has 0 radical (unpaired) electrons. The van der Waals surface area contributed by atoms with Crippen molar-refractivity contribution in [2.75, 3.05) is 30.3 Å². The van der Waals surface area contributed by atoms with E-state index in [1.54, 1.807) is 0 Å². The van der Waals surface area contributed by atoms with Gasteiger partial charge in [-0.05, 0) is 26.0 Å². The summed E-state index contributed by atoms with van der Waals surface area (Å²) in [5, 5.41) is 0. The maximum absolute atomic E-state index is 5.92. The van der Waals surface area contributed by atoms with E-state index in [0.717, 1.165) is 36.9 Å². The van der Waals surface area contributed by atoms with E-state index >= 15 is 0 Å². The van der Waals surface area contributed by atoms with Crippen LogP contribution in [0.25, 0.3) is 0 Å². The van der Waals surface area contributed by atoms with E-state index in [1.807, 2.05) is 19.1 Å². The number of nitrogens with two attached hydrogens (primary N) is 1. The molecule has 1 aliphatic rings. The SMILES string of the molecule is Cc1ccc(N)c(N2CCOC(C)C2)n1. The molecule has 0 spiro atoms. The molecule has 4 heteroatoms. The van der Waals surface area contributed by atoms with E-state index in [9.17, 15) is 0 Å². The van der Waals surface area contributed by atoms with Crippen molar-refractivity contribution in [2.24, 2.45) is 0 Å². The number of pyridine rings is 1. The highest BCUT2D eigenvalue weighted by Crippen LogP contribution is 2.22. The van der Waals surface area contributed by atoms with E-state index in [4.69, 9.17) is 10.5 Å². The van der Waals surface area contributed by atoms with Gasteiger partial charge >= 0.3 is 0 Å². The van der Waals surface area contributed by atoms with E-state index in [2.05, 4.69) is 16.8 Å². The van der Waals surface area contributed by atoms with Crippen LogP contribution in [0, 0.1) is 6.92 Å². The van der Waals surface area contributed by atoms with Gasteiger partial charge in [-0.15, -0.1) is 0 Å². The Balaban J connectivity index is 2.24. The third-order valence-corrected chi connectivity index (χ3v) is 2.59. The van der Waals surface area contributed by atoms with E-state index in [0.29, 0.717) is 0 Å². The van der Waals surface area contributed by atoms with Crippen LogP contribution in [0.4, 0.5) is 11.5 Å². The molecule has 0 amide bonds. The smallest absolute Gasteiger partial charge is 0.152 e. The first kappa shape index (κ1) is 10.2. The average Bonchev–Trinajstić information content (AvgIpc) is 2.22. The lowest BCUT2D eigenvalue weighted by molar-refractivity contribution is 0.0530. The molecule has 1 fully saturated rings. The Kier molecular flexibility index (Phi) is 2.77. The number of rotatable bonds is 1. The van der Waals surface area contributed by atoms with Crippen molar-refractivity contribution in [1.82, 2.24) is 4.98 Å². The first-order valence-electron chi connectivity index (χ1n) is 5.26. The quantitative estimate of drug-likeness (QED) is 0.751. The predicted octanol–water partition coefficient (Wildman–Crippen LogP) is 1.20. The van der Waals surface area contributed by atoms with Crippen molar-refractivity contribution in [2.45, 2.75) is 20.0 Å². The summed E-state index contributed by atoms with van der Waals surface area (Å²) in [6.07, 6.45) is 0.250. The summed E-state index contributed by atoms with van der Waals surface area (Å²) in [6.45, 7) is 6.52. The number of hydrogen-bond donors (Lipinski definition) is 1. The molecular formula is C11H17N3O. The van der Waals surface area contributed by atoms with Gasteiger partial charge in [-0.2, -0.15) is 0 Å². The topological polar surface area (TPSA) is 51.4 Å². The number of anilines is 2. The van der Waals surface area contributed by atoms with Crippen LogP contribution in [-0.2, 0) is 4.74 Å². The Bertz CT molecular complexity index is 354. The van der Waals surface area contributed by atoms with Gasteiger partial charge in [0.2, 0.25) is 0 Å². The summed E-state index contributed by atoms with van der Waals surface area (Å²) in [7, 11) is 0. The Morgan fingerprint density at radius 2 is 2.33 bits per heavy atom. The molecule has 1 atom stereocenters. The lowest BCUT2D eigenvalue weighted by atomic mass is 10.2. The monoisotopic (exact) mass is 207 g/mol. The number of aryl methyl sites for hydroxylation is 1. The van der Waals surface area contributed by atoms with Crippen molar-refractivity contribution >= 4 is 11.5 Å². The zero-order valence-electron chi connectivity index (χ0n) is 9.23. The highest BCUT2D eigenvalue weighted by Gasteiger charge is 2.19. The molecule has 0 saturated carbocycles. The van der Waals surface area contributed by atoms with Gasteiger partial charge in [-0.25, -0.2) is 4.98 Å². The molecule has 2 rings (SSSR count). The summed E-state index contributed by atoms with van der Waals surface area (Å²) in [5.41, 5.74) is 7.66. The Morgan fingerprint density at radius 1 is 1.53 bits per heavy atom. The number of nitrogen functional groups attached to an aromatic ring is 1. The molecule has 15 heavy (non-hydrogen) atoms. The highest BCUT2D eigenvalue weighted by molar-refractivity contribution is 5.63. The molecule has 1 unspecified atom stereocenters. The van der Waals surface area contributed by atoms with E-state index in [1.165, 1.54) is 0 Å². The van der Waals surface area contributed by atoms with Crippen molar-refractivity contribution in [3.63, 3.8) is 0 Å². The van der Waals surface area contributed by atoms with E-state index < -0.39 is 0 Å². The second-order valence-electron chi connectivity index (χ2n) is 3.99. The largest absolute Gasteiger partial charge is 0.396 e. The van der Waals surface area contributed by atoms with Crippen LogP contribution in [-0.4, -0.2) is 30.8 Å². The molecule has 1 aromatic rings. The van der Waals surface area contributed by atoms with Crippen LogP contribution in [0.3, 0.4) is 0 Å². The fourth-order valence-corrected chi connectivity index (χ4v) is 1.82. The molecule has 0 bridgehead atoms. The van der Waals surface area contributed by atoms with Gasteiger partial charge in [0.25, 0.3) is 0 Å². The third-order valence-electron chi connectivity index (χ3n) is 2.59. The predicted molar refractivity (Wildman–Crippen MR) is 61.0 cm³/mol. The molecule has 0 aromatic carbocycles. The zero-order valence-corrected chi connectivity index (χ0v) is 9.23. The Morgan fingerprint density at radius 3 is 3.07 bits per heavy atom. The molecule has 4 nitrogen and oxygen atoms in total. The second-order valence-corrected chi connectivity index (χ2v) is 3.99. The minimum Gasteiger partial charge on any atom is -0.396 e. The van der Waals surface area contributed by atoms with Crippen LogP contribution in [0.1, 0.15) is 12.6 Å². The molecule has 2 heterocycles. The van der Waals surface area contributed by atoms with Gasteiger partial charge in [0.15, 0.2) is 5.82 Å².